The van der Waals surface area contributed by atoms with Gasteiger partial charge in [-0.05, 0) is 25.7 Å². The lowest BCUT2D eigenvalue weighted by Crippen LogP contribution is -2.49. The molecule has 124 valence electrons. The number of carbonyl (C=O) groups excluding carboxylic acids is 2. The Morgan fingerprint density at radius 3 is 2.36 bits per heavy atom. The number of urea groups is 1. The van der Waals surface area contributed by atoms with Gasteiger partial charge in [-0.15, -0.1) is 0 Å². The molecule has 3 amide bonds. The topological polar surface area (TPSA) is 55.9 Å². The van der Waals surface area contributed by atoms with Crippen molar-refractivity contribution in [3.63, 3.8) is 0 Å². The number of likely N-dealkylation sites (tertiary alicyclic amines) is 1. The molecular weight excluding hydrogens is 280 g/mol. The van der Waals surface area contributed by atoms with Crippen molar-refractivity contribution in [3.8, 4) is 0 Å². The van der Waals surface area contributed by atoms with E-state index in [0.717, 1.165) is 32.0 Å². The fourth-order valence-corrected chi connectivity index (χ4v) is 3.98. The molecule has 22 heavy (non-hydrogen) atoms. The molecule has 3 rings (SSSR count). The van der Waals surface area contributed by atoms with Crippen molar-refractivity contribution in [2.45, 2.75) is 50.6 Å². The van der Waals surface area contributed by atoms with Crippen LogP contribution in [0.4, 0.5) is 4.79 Å². The van der Waals surface area contributed by atoms with Gasteiger partial charge in [-0.3, -0.25) is 4.79 Å². The smallest absolute Gasteiger partial charge is 0.320 e. The third kappa shape index (κ3) is 3.54. The SMILES string of the molecule is CN1CCN(CC(=O)NC2CCN(C3CCCC3)CC2)C1=O. The van der Waals surface area contributed by atoms with E-state index in [9.17, 15) is 9.59 Å². The van der Waals surface area contributed by atoms with E-state index in [1.165, 1.54) is 25.7 Å². The quantitative estimate of drug-likeness (QED) is 0.839. The van der Waals surface area contributed by atoms with Crippen LogP contribution in [0.1, 0.15) is 38.5 Å². The largest absolute Gasteiger partial charge is 0.352 e. The average Bonchev–Trinajstić information content (AvgIpc) is 3.14. The summed E-state index contributed by atoms with van der Waals surface area (Å²) in [4.78, 5) is 29.8. The van der Waals surface area contributed by atoms with Gasteiger partial charge in [-0.2, -0.15) is 0 Å². The maximum absolute atomic E-state index is 12.1. The monoisotopic (exact) mass is 308 g/mol. The van der Waals surface area contributed by atoms with Crippen molar-refractivity contribution >= 4 is 11.9 Å². The van der Waals surface area contributed by atoms with Crippen molar-refractivity contribution in [2.24, 2.45) is 0 Å². The highest BCUT2D eigenvalue weighted by Crippen LogP contribution is 2.26. The molecule has 3 fully saturated rings. The van der Waals surface area contributed by atoms with E-state index < -0.39 is 0 Å². The van der Waals surface area contributed by atoms with Crippen molar-refractivity contribution in [1.82, 2.24) is 20.0 Å². The molecule has 0 aromatic heterocycles. The number of hydrogen-bond donors (Lipinski definition) is 1. The van der Waals surface area contributed by atoms with Gasteiger partial charge in [0.2, 0.25) is 5.91 Å². The zero-order valence-electron chi connectivity index (χ0n) is 13.6. The summed E-state index contributed by atoms with van der Waals surface area (Å²) in [6.45, 7) is 3.77. The molecule has 0 bridgehead atoms. The Morgan fingerprint density at radius 2 is 1.77 bits per heavy atom. The van der Waals surface area contributed by atoms with Crippen LogP contribution in [0.15, 0.2) is 0 Å². The molecule has 6 nitrogen and oxygen atoms in total. The van der Waals surface area contributed by atoms with Gasteiger partial charge in [0.15, 0.2) is 0 Å². The highest BCUT2D eigenvalue weighted by molar-refractivity contribution is 5.85. The summed E-state index contributed by atoms with van der Waals surface area (Å²) in [6, 6.07) is 1.03. The van der Waals surface area contributed by atoms with Crippen molar-refractivity contribution < 1.29 is 9.59 Å². The van der Waals surface area contributed by atoms with E-state index in [1.54, 1.807) is 16.8 Å². The van der Waals surface area contributed by atoms with E-state index in [4.69, 9.17) is 0 Å². The van der Waals surface area contributed by atoms with Gasteiger partial charge in [0.1, 0.15) is 6.54 Å². The predicted octanol–water partition coefficient (Wildman–Crippen LogP) is 0.877. The molecule has 1 aliphatic carbocycles. The average molecular weight is 308 g/mol. The maximum Gasteiger partial charge on any atom is 0.320 e. The Labute approximate surface area is 132 Å². The van der Waals surface area contributed by atoms with Crippen LogP contribution >= 0.6 is 0 Å². The van der Waals surface area contributed by atoms with Gasteiger partial charge in [0.05, 0.1) is 0 Å². The Kier molecular flexibility index (Phi) is 4.86. The summed E-state index contributed by atoms with van der Waals surface area (Å²) in [5, 5.41) is 3.11. The fourth-order valence-electron chi connectivity index (χ4n) is 3.98. The molecule has 0 radical (unpaired) electrons. The molecule has 3 aliphatic rings. The van der Waals surface area contributed by atoms with Gasteiger partial charge >= 0.3 is 6.03 Å². The number of nitrogens with one attached hydrogen (secondary N) is 1. The number of rotatable bonds is 4. The summed E-state index contributed by atoms with van der Waals surface area (Å²) in [5.41, 5.74) is 0. The lowest BCUT2D eigenvalue weighted by atomic mass is 10.0. The third-order valence-electron chi connectivity index (χ3n) is 5.37. The second-order valence-corrected chi connectivity index (χ2v) is 6.94. The molecule has 2 saturated heterocycles. The van der Waals surface area contributed by atoms with Crippen LogP contribution in [0, 0.1) is 0 Å². The number of hydrogen-bond acceptors (Lipinski definition) is 3. The number of carbonyl (C=O) groups is 2. The summed E-state index contributed by atoms with van der Waals surface area (Å²) in [5.74, 6) is -0.0111. The van der Waals surface area contributed by atoms with Crippen LogP contribution in [0.2, 0.25) is 0 Å². The zero-order valence-corrected chi connectivity index (χ0v) is 13.6. The molecule has 2 aliphatic heterocycles. The second-order valence-electron chi connectivity index (χ2n) is 6.94. The Bertz CT molecular complexity index is 414. The summed E-state index contributed by atoms with van der Waals surface area (Å²) in [6.07, 6.45) is 7.52. The molecule has 0 unspecified atom stereocenters. The van der Waals surface area contributed by atoms with Crippen molar-refractivity contribution in [3.05, 3.63) is 0 Å². The second kappa shape index (κ2) is 6.86. The number of piperidine rings is 1. The van der Waals surface area contributed by atoms with E-state index in [1.807, 2.05) is 0 Å². The minimum atomic E-state index is -0.0359. The summed E-state index contributed by atoms with van der Waals surface area (Å²) >= 11 is 0. The lowest BCUT2D eigenvalue weighted by Gasteiger charge is -2.36. The Balaban J connectivity index is 1.39. The van der Waals surface area contributed by atoms with Crippen LogP contribution in [0.3, 0.4) is 0 Å². The standard InChI is InChI=1S/C16H28N4O2/c1-18-10-11-20(16(18)22)12-15(21)17-13-6-8-19(9-7-13)14-4-2-3-5-14/h13-14H,2-12H2,1H3,(H,17,21). The van der Waals surface area contributed by atoms with Gasteiger partial charge in [0.25, 0.3) is 0 Å². The van der Waals surface area contributed by atoms with Gasteiger partial charge in [-0.25, -0.2) is 4.79 Å². The van der Waals surface area contributed by atoms with E-state index in [2.05, 4.69) is 10.2 Å². The molecule has 0 spiro atoms. The maximum atomic E-state index is 12.1. The molecule has 1 N–H and O–H groups in total. The van der Waals surface area contributed by atoms with E-state index >= 15 is 0 Å². The number of amides is 3. The third-order valence-corrected chi connectivity index (χ3v) is 5.37. The molecule has 2 heterocycles. The normalized spacial score (nSPS) is 25.2. The molecule has 1 saturated carbocycles. The minimum absolute atomic E-state index is 0.0111. The fraction of sp³-hybridized carbons (Fsp3) is 0.875. The van der Waals surface area contributed by atoms with Gasteiger partial charge < -0.3 is 20.0 Å². The predicted molar refractivity (Wildman–Crippen MR) is 84.6 cm³/mol. The molecule has 0 aromatic rings. The van der Waals surface area contributed by atoms with Crippen LogP contribution in [-0.4, -0.2) is 78.5 Å². The highest BCUT2D eigenvalue weighted by Gasteiger charge is 2.30. The summed E-state index contributed by atoms with van der Waals surface area (Å²) < 4.78 is 0. The van der Waals surface area contributed by atoms with Crippen molar-refractivity contribution in [1.29, 1.82) is 0 Å². The zero-order chi connectivity index (χ0) is 15.5. The first-order valence-electron chi connectivity index (χ1n) is 8.67. The first-order chi connectivity index (χ1) is 10.6. The van der Waals surface area contributed by atoms with Gasteiger partial charge in [-0.1, -0.05) is 12.8 Å². The minimum Gasteiger partial charge on any atom is -0.352 e. The van der Waals surface area contributed by atoms with Crippen LogP contribution < -0.4 is 5.32 Å². The lowest BCUT2D eigenvalue weighted by molar-refractivity contribution is -0.122. The first kappa shape index (κ1) is 15.6. The summed E-state index contributed by atoms with van der Waals surface area (Å²) in [7, 11) is 1.78. The molecular formula is C16H28N4O2. The Morgan fingerprint density at radius 1 is 1.09 bits per heavy atom. The van der Waals surface area contributed by atoms with Crippen LogP contribution in [0.25, 0.3) is 0 Å². The number of nitrogens with zero attached hydrogens (tertiary/aromatic N) is 3. The van der Waals surface area contributed by atoms with E-state index in [-0.39, 0.29) is 24.5 Å². The van der Waals surface area contributed by atoms with E-state index in [0.29, 0.717) is 13.1 Å². The highest BCUT2D eigenvalue weighted by atomic mass is 16.2. The molecule has 0 atom stereocenters. The molecule has 0 aromatic carbocycles. The first-order valence-corrected chi connectivity index (χ1v) is 8.67. The van der Waals surface area contributed by atoms with Gasteiger partial charge in [0, 0.05) is 45.3 Å². The van der Waals surface area contributed by atoms with Crippen molar-refractivity contribution in [2.75, 3.05) is 39.8 Å². The Hall–Kier alpha value is -1.30. The van der Waals surface area contributed by atoms with Crippen LogP contribution in [-0.2, 0) is 4.79 Å². The molecule has 6 heteroatoms. The van der Waals surface area contributed by atoms with Crippen LogP contribution in [0.5, 0.6) is 0 Å². The number of likely N-dealkylation sites (N-methyl/N-ethyl adjacent to an activating group) is 1.